The molecule has 1 fully saturated rings. The highest BCUT2D eigenvalue weighted by molar-refractivity contribution is 5.90. The van der Waals surface area contributed by atoms with Gasteiger partial charge in [-0.1, -0.05) is 13.0 Å². The van der Waals surface area contributed by atoms with Crippen molar-refractivity contribution in [3.8, 4) is 5.75 Å². The van der Waals surface area contributed by atoms with E-state index in [0.717, 1.165) is 17.7 Å². The lowest BCUT2D eigenvalue weighted by Crippen LogP contribution is -2.50. The maximum absolute atomic E-state index is 12.2. The summed E-state index contributed by atoms with van der Waals surface area (Å²) in [6, 6.07) is 5.49. The zero-order valence-corrected chi connectivity index (χ0v) is 13.3. The number of carbonyl (C=O) groups is 2. The Morgan fingerprint density at radius 2 is 2.09 bits per heavy atom. The SMILES string of the molecule is CCc1ccc(NC(=O)N(C)C2CC(C(N)=O)C2)cc1OC. The van der Waals surface area contributed by atoms with E-state index in [1.807, 2.05) is 18.2 Å². The second-order valence-electron chi connectivity index (χ2n) is 5.65. The average molecular weight is 305 g/mol. The number of amides is 3. The van der Waals surface area contributed by atoms with Crippen molar-refractivity contribution in [3.05, 3.63) is 23.8 Å². The summed E-state index contributed by atoms with van der Waals surface area (Å²) < 4.78 is 5.32. The van der Waals surface area contributed by atoms with E-state index in [1.165, 1.54) is 0 Å². The number of nitrogens with two attached hydrogens (primary N) is 1. The molecule has 1 aromatic rings. The van der Waals surface area contributed by atoms with Crippen molar-refractivity contribution in [3.63, 3.8) is 0 Å². The van der Waals surface area contributed by atoms with Crippen LogP contribution < -0.4 is 15.8 Å². The van der Waals surface area contributed by atoms with E-state index in [0.29, 0.717) is 18.5 Å². The van der Waals surface area contributed by atoms with E-state index in [2.05, 4.69) is 12.2 Å². The molecule has 0 unspecified atom stereocenters. The second-order valence-corrected chi connectivity index (χ2v) is 5.65. The average Bonchev–Trinajstić information content (AvgIpc) is 2.44. The first-order valence-corrected chi connectivity index (χ1v) is 7.46. The van der Waals surface area contributed by atoms with Gasteiger partial charge in [0.2, 0.25) is 5.91 Å². The number of anilines is 1. The zero-order chi connectivity index (χ0) is 16.3. The van der Waals surface area contributed by atoms with Gasteiger partial charge in [-0.3, -0.25) is 4.79 Å². The summed E-state index contributed by atoms with van der Waals surface area (Å²) in [6.45, 7) is 2.05. The highest BCUT2D eigenvalue weighted by Gasteiger charge is 2.37. The third-order valence-electron chi connectivity index (χ3n) is 4.30. The Balaban J connectivity index is 1.96. The van der Waals surface area contributed by atoms with Gasteiger partial charge in [0.15, 0.2) is 0 Å². The van der Waals surface area contributed by atoms with Gasteiger partial charge in [0, 0.05) is 30.8 Å². The van der Waals surface area contributed by atoms with Gasteiger partial charge in [-0.2, -0.15) is 0 Å². The van der Waals surface area contributed by atoms with Crippen LogP contribution in [0.4, 0.5) is 10.5 Å². The number of aryl methyl sites for hydroxylation is 1. The summed E-state index contributed by atoms with van der Waals surface area (Å²) in [5.74, 6) is 0.370. The van der Waals surface area contributed by atoms with Crippen molar-refractivity contribution in [2.45, 2.75) is 32.2 Å². The minimum atomic E-state index is -0.287. The van der Waals surface area contributed by atoms with Crippen LogP contribution in [-0.4, -0.2) is 37.0 Å². The number of methoxy groups -OCH3 is 1. The highest BCUT2D eigenvalue weighted by Crippen LogP contribution is 2.31. The number of benzene rings is 1. The van der Waals surface area contributed by atoms with Crippen LogP contribution in [0.3, 0.4) is 0 Å². The molecule has 3 N–H and O–H groups in total. The van der Waals surface area contributed by atoms with Gasteiger partial charge in [0.1, 0.15) is 5.75 Å². The molecule has 0 spiro atoms. The second kappa shape index (κ2) is 6.68. The van der Waals surface area contributed by atoms with Crippen molar-refractivity contribution in [2.24, 2.45) is 11.7 Å². The Hall–Kier alpha value is -2.24. The predicted octanol–water partition coefficient (Wildman–Crippen LogP) is 1.99. The fourth-order valence-electron chi connectivity index (χ4n) is 2.63. The highest BCUT2D eigenvalue weighted by atomic mass is 16.5. The number of hydrogen-bond donors (Lipinski definition) is 2. The van der Waals surface area contributed by atoms with Crippen LogP contribution in [0, 0.1) is 5.92 Å². The maximum Gasteiger partial charge on any atom is 0.321 e. The van der Waals surface area contributed by atoms with Crippen LogP contribution in [0.5, 0.6) is 5.75 Å². The first-order chi connectivity index (χ1) is 10.5. The molecule has 2 rings (SSSR count). The Kier molecular flexibility index (Phi) is 4.90. The summed E-state index contributed by atoms with van der Waals surface area (Å²) in [5, 5.41) is 2.85. The molecule has 1 saturated carbocycles. The number of ether oxygens (including phenoxy) is 1. The molecule has 1 aliphatic rings. The van der Waals surface area contributed by atoms with Crippen molar-refractivity contribution in [2.75, 3.05) is 19.5 Å². The lowest BCUT2D eigenvalue weighted by Gasteiger charge is -2.39. The number of hydrogen-bond acceptors (Lipinski definition) is 3. The number of urea groups is 1. The largest absolute Gasteiger partial charge is 0.496 e. The Labute approximate surface area is 130 Å². The van der Waals surface area contributed by atoms with Crippen LogP contribution in [0.2, 0.25) is 0 Å². The molecule has 1 aliphatic carbocycles. The summed E-state index contributed by atoms with van der Waals surface area (Å²) in [7, 11) is 3.35. The van der Waals surface area contributed by atoms with E-state index in [4.69, 9.17) is 10.5 Å². The molecule has 6 nitrogen and oxygen atoms in total. The number of primary amides is 1. The van der Waals surface area contributed by atoms with Gasteiger partial charge in [0.05, 0.1) is 7.11 Å². The van der Waals surface area contributed by atoms with Crippen LogP contribution in [0.25, 0.3) is 0 Å². The maximum atomic E-state index is 12.2. The quantitative estimate of drug-likeness (QED) is 0.872. The molecule has 0 bridgehead atoms. The van der Waals surface area contributed by atoms with Crippen molar-refractivity contribution in [1.82, 2.24) is 4.90 Å². The van der Waals surface area contributed by atoms with Gasteiger partial charge in [-0.25, -0.2) is 4.79 Å². The minimum Gasteiger partial charge on any atom is -0.496 e. The summed E-state index contributed by atoms with van der Waals surface area (Å²) >= 11 is 0. The zero-order valence-electron chi connectivity index (χ0n) is 13.3. The monoisotopic (exact) mass is 305 g/mol. The van der Waals surface area contributed by atoms with Gasteiger partial charge in [-0.05, 0) is 30.9 Å². The number of nitrogens with zero attached hydrogens (tertiary/aromatic N) is 1. The molecule has 22 heavy (non-hydrogen) atoms. The molecule has 0 radical (unpaired) electrons. The van der Waals surface area contributed by atoms with Crippen molar-refractivity contribution >= 4 is 17.6 Å². The van der Waals surface area contributed by atoms with Crippen molar-refractivity contribution < 1.29 is 14.3 Å². The van der Waals surface area contributed by atoms with E-state index in [9.17, 15) is 9.59 Å². The van der Waals surface area contributed by atoms with Gasteiger partial charge in [0.25, 0.3) is 0 Å². The lowest BCUT2D eigenvalue weighted by atomic mass is 9.79. The predicted molar refractivity (Wildman–Crippen MR) is 84.9 cm³/mol. The van der Waals surface area contributed by atoms with E-state index >= 15 is 0 Å². The summed E-state index contributed by atoms with van der Waals surface area (Å²) in [4.78, 5) is 24.9. The third-order valence-corrected chi connectivity index (χ3v) is 4.30. The fraction of sp³-hybridized carbons (Fsp3) is 0.500. The van der Waals surface area contributed by atoms with Gasteiger partial charge in [-0.15, -0.1) is 0 Å². The van der Waals surface area contributed by atoms with Crippen LogP contribution in [0.1, 0.15) is 25.3 Å². The van der Waals surface area contributed by atoms with Crippen LogP contribution in [-0.2, 0) is 11.2 Å². The lowest BCUT2D eigenvalue weighted by molar-refractivity contribution is -0.125. The van der Waals surface area contributed by atoms with Crippen LogP contribution in [0.15, 0.2) is 18.2 Å². The van der Waals surface area contributed by atoms with Gasteiger partial charge < -0.3 is 20.7 Å². The number of rotatable bonds is 5. The molecule has 1 aromatic carbocycles. The summed E-state index contributed by atoms with van der Waals surface area (Å²) in [5.41, 5.74) is 7.03. The smallest absolute Gasteiger partial charge is 0.321 e. The molecular formula is C16H23N3O3. The molecule has 0 atom stereocenters. The molecule has 6 heteroatoms. The molecule has 0 heterocycles. The molecular weight excluding hydrogens is 282 g/mol. The molecule has 0 aromatic heterocycles. The van der Waals surface area contributed by atoms with Crippen LogP contribution >= 0.6 is 0 Å². The summed E-state index contributed by atoms with van der Waals surface area (Å²) in [6.07, 6.45) is 2.14. The molecule has 3 amide bonds. The number of nitrogens with one attached hydrogen (secondary N) is 1. The Morgan fingerprint density at radius 1 is 1.41 bits per heavy atom. The fourth-order valence-corrected chi connectivity index (χ4v) is 2.63. The normalized spacial score (nSPS) is 20.0. The van der Waals surface area contributed by atoms with E-state index in [1.54, 1.807) is 19.1 Å². The van der Waals surface area contributed by atoms with Gasteiger partial charge >= 0.3 is 6.03 Å². The molecule has 0 saturated heterocycles. The minimum absolute atomic E-state index is 0.0642. The molecule has 0 aliphatic heterocycles. The first kappa shape index (κ1) is 16.1. The molecule has 120 valence electrons. The Morgan fingerprint density at radius 3 is 2.64 bits per heavy atom. The van der Waals surface area contributed by atoms with Crippen molar-refractivity contribution in [1.29, 1.82) is 0 Å². The number of carbonyl (C=O) groups excluding carboxylic acids is 2. The van der Waals surface area contributed by atoms with E-state index < -0.39 is 0 Å². The van der Waals surface area contributed by atoms with E-state index in [-0.39, 0.29) is 23.9 Å². The topological polar surface area (TPSA) is 84.7 Å². The standard InChI is InChI=1S/C16H23N3O3/c1-4-10-5-6-12(9-14(10)22-3)18-16(21)19(2)13-7-11(8-13)15(17)20/h5-6,9,11,13H,4,7-8H2,1-3H3,(H2,17,20)(H,18,21). The Bertz CT molecular complexity index is 568. The third kappa shape index (κ3) is 3.32. The first-order valence-electron chi connectivity index (χ1n) is 7.46.